The molecule has 0 aliphatic heterocycles. The maximum absolute atomic E-state index is 10.5. The quantitative estimate of drug-likeness (QED) is 0.477. The Morgan fingerprint density at radius 1 is 1.25 bits per heavy atom. The van der Waals surface area contributed by atoms with Crippen LogP contribution < -0.4 is 0 Å². The highest BCUT2D eigenvalue weighted by Gasteiger charge is 1.95. The van der Waals surface area contributed by atoms with E-state index in [4.69, 9.17) is 4.74 Å². The molecule has 0 atom stereocenters. The van der Waals surface area contributed by atoms with Gasteiger partial charge in [0.15, 0.2) is 0 Å². The lowest BCUT2D eigenvalue weighted by atomic mass is 10.2. The van der Waals surface area contributed by atoms with Crippen molar-refractivity contribution in [1.29, 1.82) is 0 Å². The number of carbonyl (C=O) groups excluding carboxylic acids is 2. The molecule has 3 heteroatoms. The minimum Gasteiger partial charge on any atom is -0.432 e. The van der Waals surface area contributed by atoms with E-state index >= 15 is 0 Å². The summed E-state index contributed by atoms with van der Waals surface area (Å²) in [5.74, 6) is 0.372. The molecule has 3 nitrogen and oxygen atoms in total. The van der Waals surface area contributed by atoms with Crippen molar-refractivity contribution < 1.29 is 14.3 Å². The molecule has 12 heavy (non-hydrogen) atoms. The fraction of sp³-hybridized carbons (Fsp3) is 0.556. The van der Waals surface area contributed by atoms with Crippen LogP contribution in [-0.4, -0.2) is 11.8 Å². The molecule has 0 saturated heterocycles. The number of hydrogen-bond donors (Lipinski definition) is 0. The van der Waals surface area contributed by atoms with Gasteiger partial charge in [0, 0.05) is 13.3 Å². The number of rotatable bonds is 4. The summed E-state index contributed by atoms with van der Waals surface area (Å²) in [7, 11) is 0. The molecule has 68 valence electrons. The van der Waals surface area contributed by atoms with Gasteiger partial charge < -0.3 is 9.53 Å². The highest BCUT2D eigenvalue weighted by Crippen LogP contribution is 2.00. The maximum atomic E-state index is 10.5. The van der Waals surface area contributed by atoms with Gasteiger partial charge in [-0.25, -0.2) is 0 Å². The third-order valence-electron chi connectivity index (χ3n) is 1.23. The fourth-order valence-corrected chi connectivity index (χ4v) is 0.747. The normalized spacial score (nSPS) is 11.1. The molecular formula is C9H14O3. The van der Waals surface area contributed by atoms with Gasteiger partial charge in [0.05, 0.1) is 0 Å². The second kappa shape index (κ2) is 5.52. The van der Waals surface area contributed by atoms with Gasteiger partial charge in [-0.1, -0.05) is 0 Å². The first-order valence-corrected chi connectivity index (χ1v) is 3.87. The first-order valence-electron chi connectivity index (χ1n) is 3.87. The first-order chi connectivity index (χ1) is 5.52. The summed E-state index contributed by atoms with van der Waals surface area (Å²) >= 11 is 0. The van der Waals surface area contributed by atoms with Gasteiger partial charge >= 0.3 is 5.97 Å². The largest absolute Gasteiger partial charge is 0.432 e. The van der Waals surface area contributed by atoms with Gasteiger partial charge in [-0.2, -0.15) is 0 Å². The summed E-state index contributed by atoms with van der Waals surface area (Å²) in [6, 6.07) is 0. The van der Waals surface area contributed by atoms with Crippen LogP contribution in [0.2, 0.25) is 0 Å². The average Bonchev–Trinajstić information content (AvgIpc) is 1.84. The lowest BCUT2D eigenvalue weighted by molar-refractivity contribution is -0.136. The molecule has 0 N–H and O–H groups in total. The van der Waals surface area contributed by atoms with Crippen molar-refractivity contribution in [2.45, 2.75) is 33.6 Å². The van der Waals surface area contributed by atoms with Crippen molar-refractivity contribution in [2.75, 3.05) is 0 Å². The minimum atomic E-state index is -0.327. The van der Waals surface area contributed by atoms with Crippen LogP contribution in [0.5, 0.6) is 0 Å². The first kappa shape index (κ1) is 10.9. The molecule has 0 aliphatic rings. The zero-order chi connectivity index (χ0) is 9.56. The Morgan fingerprint density at radius 2 is 1.83 bits per heavy atom. The summed E-state index contributed by atoms with van der Waals surface area (Å²) in [5.41, 5.74) is 0. The molecule has 0 aromatic carbocycles. The number of carbonyl (C=O) groups is 2. The van der Waals surface area contributed by atoms with E-state index in [-0.39, 0.29) is 11.8 Å². The van der Waals surface area contributed by atoms with Crippen LogP contribution in [0.25, 0.3) is 0 Å². The summed E-state index contributed by atoms with van der Waals surface area (Å²) in [6.45, 7) is 4.58. The third-order valence-corrected chi connectivity index (χ3v) is 1.23. The SMILES string of the molecule is CC(=O)CCC=C(C)OC(C)=O. The molecule has 0 aromatic rings. The Balaban J connectivity index is 3.69. The highest BCUT2D eigenvalue weighted by molar-refractivity contribution is 5.75. The maximum Gasteiger partial charge on any atom is 0.307 e. The van der Waals surface area contributed by atoms with Crippen molar-refractivity contribution in [3.05, 3.63) is 11.8 Å². The molecule has 0 fully saturated rings. The van der Waals surface area contributed by atoms with E-state index in [0.717, 1.165) is 0 Å². The van der Waals surface area contributed by atoms with E-state index in [0.29, 0.717) is 18.6 Å². The summed E-state index contributed by atoms with van der Waals surface area (Å²) in [6.07, 6.45) is 2.87. The summed E-state index contributed by atoms with van der Waals surface area (Å²) < 4.78 is 4.74. The van der Waals surface area contributed by atoms with E-state index in [9.17, 15) is 9.59 Å². The Hall–Kier alpha value is -1.12. The fourth-order valence-electron chi connectivity index (χ4n) is 0.747. The molecule has 0 unspecified atom stereocenters. The van der Waals surface area contributed by atoms with Crippen LogP contribution in [0.15, 0.2) is 11.8 Å². The van der Waals surface area contributed by atoms with Crippen LogP contribution in [0.1, 0.15) is 33.6 Å². The molecule has 0 rings (SSSR count). The molecule has 0 aromatic heterocycles. The van der Waals surface area contributed by atoms with E-state index in [1.807, 2.05) is 0 Å². The number of esters is 1. The van der Waals surface area contributed by atoms with Crippen molar-refractivity contribution in [1.82, 2.24) is 0 Å². The molecule has 0 spiro atoms. The van der Waals surface area contributed by atoms with Gasteiger partial charge in [-0.3, -0.25) is 4.79 Å². The number of allylic oxidation sites excluding steroid dienone is 2. The van der Waals surface area contributed by atoms with Crippen molar-refractivity contribution >= 4 is 11.8 Å². The van der Waals surface area contributed by atoms with Crippen molar-refractivity contribution in [3.63, 3.8) is 0 Å². The van der Waals surface area contributed by atoms with E-state index in [1.165, 1.54) is 13.8 Å². The second-order valence-electron chi connectivity index (χ2n) is 2.65. The second-order valence-corrected chi connectivity index (χ2v) is 2.65. The zero-order valence-corrected chi connectivity index (χ0v) is 7.72. The standard InChI is InChI=1S/C9H14O3/c1-7(10)5-4-6-8(2)12-9(3)11/h6H,4-5H2,1-3H3. The Morgan fingerprint density at radius 3 is 2.25 bits per heavy atom. The summed E-state index contributed by atoms with van der Waals surface area (Å²) in [4.78, 5) is 20.9. The number of Topliss-reactive ketones (excluding diaryl/α,β-unsaturated/α-hetero) is 1. The van der Waals surface area contributed by atoms with Gasteiger partial charge in [0.2, 0.25) is 0 Å². The molecule has 0 bridgehead atoms. The Labute approximate surface area is 72.4 Å². The molecule has 0 aliphatic carbocycles. The van der Waals surface area contributed by atoms with E-state index in [2.05, 4.69) is 0 Å². The molecule has 0 heterocycles. The minimum absolute atomic E-state index is 0.141. The predicted octanol–water partition coefficient (Wildman–Crippen LogP) is 1.82. The summed E-state index contributed by atoms with van der Waals surface area (Å²) in [5, 5.41) is 0. The van der Waals surface area contributed by atoms with E-state index in [1.54, 1.807) is 13.0 Å². The average molecular weight is 170 g/mol. The van der Waals surface area contributed by atoms with Gasteiger partial charge in [0.25, 0.3) is 0 Å². The van der Waals surface area contributed by atoms with Crippen molar-refractivity contribution in [3.8, 4) is 0 Å². The highest BCUT2D eigenvalue weighted by atomic mass is 16.5. The van der Waals surface area contributed by atoms with Crippen LogP contribution in [0, 0.1) is 0 Å². The molecule has 0 saturated carbocycles. The zero-order valence-electron chi connectivity index (χ0n) is 7.72. The Bertz CT molecular complexity index is 204. The van der Waals surface area contributed by atoms with Crippen molar-refractivity contribution in [2.24, 2.45) is 0 Å². The van der Waals surface area contributed by atoms with Crippen LogP contribution in [-0.2, 0) is 14.3 Å². The molecule has 0 radical (unpaired) electrons. The van der Waals surface area contributed by atoms with Gasteiger partial charge in [0.1, 0.15) is 11.5 Å². The van der Waals surface area contributed by atoms with Crippen LogP contribution in [0.4, 0.5) is 0 Å². The number of ketones is 1. The molecular weight excluding hydrogens is 156 g/mol. The number of ether oxygens (including phenoxy) is 1. The monoisotopic (exact) mass is 170 g/mol. The van der Waals surface area contributed by atoms with Crippen LogP contribution in [0.3, 0.4) is 0 Å². The lowest BCUT2D eigenvalue weighted by Crippen LogP contribution is -1.96. The lowest BCUT2D eigenvalue weighted by Gasteiger charge is -1.99. The third kappa shape index (κ3) is 6.99. The van der Waals surface area contributed by atoms with Gasteiger partial charge in [-0.15, -0.1) is 0 Å². The molecule has 0 amide bonds. The smallest absolute Gasteiger partial charge is 0.307 e. The van der Waals surface area contributed by atoms with Gasteiger partial charge in [-0.05, 0) is 26.3 Å². The number of hydrogen-bond acceptors (Lipinski definition) is 3. The van der Waals surface area contributed by atoms with Crippen LogP contribution >= 0.6 is 0 Å². The Kier molecular flexibility index (Phi) is 5.00. The predicted molar refractivity (Wildman–Crippen MR) is 45.4 cm³/mol. The topological polar surface area (TPSA) is 43.4 Å². The van der Waals surface area contributed by atoms with E-state index < -0.39 is 0 Å².